The van der Waals surface area contributed by atoms with Crippen LogP contribution in [0.4, 0.5) is 5.69 Å². The van der Waals surface area contributed by atoms with E-state index in [2.05, 4.69) is 0 Å². The number of nitrogens with zero attached hydrogens (tertiary/aromatic N) is 1. The lowest BCUT2D eigenvalue weighted by Crippen LogP contribution is -2.09. The molecule has 1 N–H and O–H groups in total. The number of benzene rings is 2. The smallest absolute Gasteiger partial charge is 0.277 e. The van der Waals surface area contributed by atoms with Crippen molar-refractivity contribution in [3.63, 3.8) is 0 Å². The Kier molecular flexibility index (Phi) is 4.86. The van der Waals surface area contributed by atoms with Gasteiger partial charge >= 0.3 is 0 Å². The van der Waals surface area contributed by atoms with Gasteiger partial charge in [0.05, 0.1) is 30.1 Å². The largest absolute Gasteiger partial charge is 0.491 e. The molecule has 2 aromatic carbocycles. The van der Waals surface area contributed by atoms with Gasteiger partial charge in [-0.25, -0.2) is 0 Å². The number of aliphatic hydroxyl groups is 1. The first kappa shape index (κ1) is 14.2. The fourth-order valence-electron chi connectivity index (χ4n) is 1.92. The van der Waals surface area contributed by atoms with Crippen molar-refractivity contribution < 1.29 is 19.5 Å². The molecule has 6 nitrogen and oxygen atoms in total. The Morgan fingerprint density at radius 1 is 1.05 bits per heavy atom. The molecule has 0 bridgehead atoms. The maximum atomic E-state index is 11.0. The predicted molar refractivity (Wildman–Crippen MR) is 74.0 cm³/mol. The van der Waals surface area contributed by atoms with E-state index in [9.17, 15) is 10.1 Å². The van der Waals surface area contributed by atoms with Gasteiger partial charge in [0.25, 0.3) is 5.69 Å². The van der Waals surface area contributed by atoms with Crippen molar-refractivity contribution >= 4 is 16.5 Å². The monoisotopic (exact) mass is 277 g/mol. The zero-order chi connectivity index (χ0) is 14.4. The highest BCUT2D eigenvalue weighted by molar-refractivity contribution is 5.95. The Balaban J connectivity index is 2.18. The second kappa shape index (κ2) is 6.83. The van der Waals surface area contributed by atoms with Crippen LogP contribution in [-0.4, -0.2) is 36.5 Å². The van der Waals surface area contributed by atoms with Gasteiger partial charge in [-0.05, 0) is 12.1 Å². The van der Waals surface area contributed by atoms with Gasteiger partial charge in [-0.15, -0.1) is 0 Å². The molecule has 0 saturated carbocycles. The summed E-state index contributed by atoms with van der Waals surface area (Å²) in [6.07, 6.45) is 0. The molecule has 0 radical (unpaired) electrons. The van der Waals surface area contributed by atoms with E-state index in [0.29, 0.717) is 29.7 Å². The number of nitro groups is 1. The summed E-state index contributed by atoms with van der Waals surface area (Å²) in [5, 5.41) is 20.8. The molecule has 0 aliphatic heterocycles. The molecular formula is C14H15NO5. The Bertz CT molecular complexity index is 599. The van der Waals surface area contributed by atoms with Crippen LogP contribution in [0, 0.1) is 10.1 Å². The van der Waals surface area contributed by atoms with E-state index in [1.807, 2.05) is 0 Å². The molecule has 6 heteroatoms. The van der Waals surface area contributed by atoms with Gasteiger partial charge in [0.15, 0.2) is 0 Å². The van der Waals surface area contributed by atoms with Crippen LogP contribution in [-0.2, 0) is 4.74 Å². The van der Waals surface area contributed by atoms with E-state index in [0.717, 1.165) is 0 Å². The number of hydrogen-bond donors (Lipinski definition) is 1. The van der Waals surface area contributed by atoms with Gasteiger partial charge in [-0.2, -0.15) is 0 Å². The summed E-state index contributed by atoms with van der Waals surface area (Å²) in [6.45, 7) is 0.915. The molecule has 0 heterocycles. The van der Waals surface area contributed by atoms with Crippen LogP contribution in [0.2, 0.25) is 0 Å². The van der Waals surface area contributed by atoms with Crippen LogP contribution in [0.3, 0.4) is 0 Å². The minimum atomic E-state index is -0.406. The summed E-state index contributed by atoms with van der Waals surface area (Å²) >= 11 is 0. The number of fused-ring (bicyclic) bond motifs is 1. The molecule has 0 unspecified atom stereocenters. The molecule has 0 aliphatic rings. The summed E-state index contributed by atoms with van der Waals surface area (Å²) in [7, 11) is 0. The van der Waals surface area contributed by atoms with E-state index >= 15 is 0 Å². The molecule has 106 valence electrons. The number of non-ortho nitro benzene ring substituents is 1. The van der Waals surface area contributed by atoms with Crippen molar-refractivity contribution in [3.05, 3.63) is 46.5 Å². The van der Waals surface area contributed by atoms with E-state index < -0.39 is 4.92 Å². The van der Waals surface area contributed by atoms with Gasteiger partial charge in [0.2, 0.25) is 0 Å². The molecule has 20 heavy (non-hydrogen) atoms. The normalized spacial score (nSPS) is 10.7. The van der Waals surface area contributed by atoms with E-state index in [4.69, 9.17) is 14.6 Å². The first-order valence-electron chi connectivity index (χ1n) is 6.21. The Morgan fingerprint density at radius 3 is 2.50 bits per heavy atom. The molecule has 0 atom stereocenters. The Morgan fingerprint density at radius 2 is 1.80 bits per heavy atom. The van der Waals surface area contributed by atoms with Crippen LogP contribution >= 0.6 is 0 Å². The average Bonchev–Trinajstić information content (AvgIpc) is 2.46. The molecule has 0 amide bonds. The highest BCUT2D eigenvalue weighted by atomic mass is 16.6. The topological polar surface area (TPSA) is 81.8 Å². The molecule has 0 saturated heterocycles. The summed E-state index contributed by atoms with van der Waals surface area (Å²) in [6, 6.07) is 10.1. The third-order valence-electron chi connectivity index (χ3n) is 2.78. The SMILES string of the molecule is O=[N+]([O-])c1ccc(OCCOCCO)c2ccccc12. The summed E-state index contributed by atoms with van der Waals surface area (Å²) in [4.78, 5) is 10.6. The predicted octanol–water partition coefficient (Wildman–Crippen LogP) is 2.14. The van der Waals surface area contributed by atoms with Gasteiger partial charge in [-0.1, -0.05) is 18.2 Å². The maximum Gasteiger partial charge on any atom is 0.277 e. The second-order valence-electron chi connectivity index (χ2n) is 4.07. The number of nitro benzene ring substituents is 1. The Labute approximate surface area is 115 Å². The van der Waals surface area contributed by atoms with Crippen molar-refractivity contribution in [2.75, 3.05) is 26.4 Å². The molecule has 2 rings (SSSR count). The minimum Gasteiger partial charge on any atom is -0.491 e. The first-order chi connectivity index (χ1) is 9.74. The van der Waals surface area contributed by atoms with E-state index in [-0.39, 0.29) is 18.9 Å². The zero-order valence-corrected chi connectivity index (χ0v) is 10.8. The van der Waals surface area contributed by atoms with Crippen LogP contribution in [0.25, 0.3) is 10.8 Å². The number of rotatable bonds is 7. The molecule has 0 aromatic heterocycles. The fourth-order valence-corrected chi connectivity index (χ4v) is 1.92. The minimum absolute atomic E-state index is 0.0273. The van der Waals surface area contributed by atoms with Crippen LogP contribution in [0.15, 0.2) is 36.4 Å². The van der Waals surface area contributed by atoms with E-state index in [1.165, 1.54) is 6.07 Å². The van der Waals surface area contributed by atoms with Crippen molar-refractivity contribution in [1.29, 1.82) is 0 Å². The average molecular weight is 277 g/mol. The quantitative estimate of drug-likeness (QED) is 0.476. The van der Waals surface area contributed by atoms with Crippen molar-refractivity contribution in [2.45, 2.75) is 0 Å². The third kappa shape index (κ3) is 3.23. The highest BCUT2D eigenvalue weighted by Crippen LogP contribution is 2.32. The van der Waals surface area contributed by atoms with E-state index in [1.54, 1.807) is 30.3 Å². The number of aliphatic hydroxyl groups excluding tert-OH is 1. The summed E-state index contributed by atoms with van der Waals surface area (Å²) in [5.74, 6) is 0.582. The standard InChI is InChI=1S/C14H15NO5/c16-7-8-19-9-10-20-14-6-5-13(15(17)18)11-3-1-2-4-12(11)14/h1-6,16H,7-10H2. The second-order valence-corrected chi connectivity index (χ2v) is 4.07. The zero-order valence-electron chi connectivity index (χ0n) is 10.8. The van der Waals surface area contributed by atoms with Gasteiger partial charge in [0.1, 0.15) is 12.4 Å². The first-order valence-corrected chi connectivity index (χ1v) is 6.21. The molecule has 0 spiro atoms. The van der Waals surface area contributed by atoms with Crippen LogP contribution in [0.1, 0.15) is 0 Å². The van der Waals surface area contributed by atoms with Crippen LogP contribution in [0.5, 0.6) is 5.75 Å². The van der Waals surface area contributed by atoms with Gasteiger partial charge in [0, 0.05) is 11.5 Å². The van der Waals surface area contributed by atoms with Gasteiger partial charge in [-0.3, -0.25) is 10.1 Å². The number of hydrogen-bond acceptors (Lipinski definition) is 5. The molecule has 0 aliphatic carbocycles. The van der Waals surface area contributed by atoms with Gasteiger partial charge < -0.3 is 14.6 Å². The van der Waals surface area contributed by atoms with Crippen molar-refractivity contribution in [2.24, 2.45) is 0 Å². The lowest BCUT2D eigenvalue weighted by atomic mass is 10.1. The fraction of sp³-hybridized carbons (Fsp3) is 0.286. The van der Waals surface area contributed by atoms with Crippen molar-refractivity contribution in [3.8, 4) is 5.75 Å². The third-order valence-corrected chi connectivity index (χ3v) is 2.78. The lowest BCUT2D eigenvalue weighted by molar-refractivity contribution is -0.383. The summed E-state index contributed by atoms with van der Waals surface area (Å²) < 4.78 is 10.7. The molecule has 0 fully saturated rings. The number of ether oxygens (including phenoxy) is 2. The highest BCUT2D eigenvalue weighted by Gasteiger charge is 2.14. The molecular weight excluding hydrogens is 262 g/mol. The van der Waals surface area contributed by atoms with Crippen LogP contribution < -0.4 is 4.74 Å². The maximum absolute atomic E-state index is 11.0. The van der Waals surface area contributed by atoms with Crippen molar-refractivity contribution in [1.82, 2.24) is 0 Å². The summed E-state index contributed by atoms with van der Waals surface area (Å²) in [5.41, 5.74) is 0.0597. The molecule has 2 aromatic rings. The Hall–Kier alpha value is -2.18. The lowest BCUT2D eigenvalue weighted by Gasteiger charge is -2.09.